The first-order valence-corrected chi connectivity index (χ1v) is 12.0. The Kier molecular flexibility index (Phi) is 7.16. The molecule has 1 N–H and O–H groups in total. The molecule has 6 heteroatoms. The van der Waals surface area contributed by atoms with Crippen molar-refractivity contribution in [1.29, 1.82) is 0 Å². The minimum absolute atomic E-state index is 0.108. The summed E-state index contributed by atoms with van der Waals surface area (Å²) >= 11 is 0. The van der Waals surface area contributed by atoms with E-state index in [1.165, 1.54) is 4.31 Å². The molecule has 0 radical (unpaired) electrons. The van der Waals surface area contributed by atoms with Crippen LogP contribution >= 0.6 is 0 Å². The molecule has 0 atom stereocenters. The van der Waals surface area contributed by atoms with Crippen molar-refractivity contribution in [3.05, 3.63) is 94.0 Å². The third kappa shape index (κ3) is 5.44. The Bertz CT molecular complexity index is 1210. The molecule has 0 aliphatic heterocycles. The second kappa shape index (κ2) is 9.67. The summed E-state index contributed by atoms with van der Waals surface area (Å²) in [5.41, 5.74) is 5.86. The number of anilines is 1. The summed E-state index contributed by atoms with van der Waals surface area (Å²) < 4.78 is 28.8. The molecule has 0 aromatic heterocycles. The molecular weight excluding hydrogens is 420 g/mol. The van der Waals surface area contributed by atoms with Gasteiger partial charge in [0.05, 0.1) is 11.4 Å². The SMILES string of the molecule is Cc1ccc(CN(CC(=O)Nc2ccccc2C)S(=O)(=O)c2c(C)cc(C)cc2C)cc1. The summed E-state index contributed by atoms with van der Waals surface area (Å²) in [6.45, 7) is 9.24. The fourth-order valence-corrected chi connectivity index (χ4v) is 5.68. The van der Waals surface area contributed by atoms with Gasteiger partial charge in [0, 0.05) is 12.2 Å². The number of para-hydroxylation sites is 1. The van der Waals surface area contributed by atoms with Gasteiger partial charge in [0.2, 0.25) is 15.9 Å². The highest BCUT2D eigenvalue weighted by molar-refractivity contribution is 7.89. The number of aryl methyl sites for hydroxylation is 5. The summed E-state index contributed by atoms with van der Waals surface area (Å²) in [6, 6.07) is 18.8. The molecule has 0 heterocycles. The third-order valence-corrected chi connectivity index (χ3v) is 7.52. The van der Waals surface area contributed by atoms with E-state index >= 15 is 0 Å². The second-order valence-electron chi connectivity index (χ2n) is 8.35. The molecule has 3 rings (SSSR count). The van der Waals surface area contributed by atoms with E-state index in [2.05, 4.69) is 5.32 Å². The van der Waals surface area contributed by atoms with Crippen LogP contribution < -0.4 is 5.32 Å². The summed E-state index contributed by atoms with van der Waals surface area (Å²) in [5, 5.41) is 2.85. The van der Waals surface area contributed by atoms with Crippen LogP contribution in [-0.4, -0.2) is 25.2 Å². The van der Waals surface area contributed by atoms with Gasteiger partial charge in [0.25, 0.3) is 0 Å². The van der Waals surface area contributed by atoms with Gasteiger partial charge in [-0.1, -0.05) is 65.7 Å². The molecule has 0 fully saturated rings. The lowest BCUT2D eigenvalue weighted by Crippen LogP contribution is -2.38. The minimum atomic E-state index is -3.91. The first kappa shape index (κ1) is 23.7. The van der Waals surface area contributed by atoms with E-state index < -0.39 is 10.0 Å². The number of benzene rings is 3. The number of nitrogens with one attached hydrogen (secondary N) is 1. The zero-order chi connectivity index (χ0) is 23.5. The Morgan fingerprint density at radius 3 is 2.00 bits per heavy atom. The Morgan fingerprint density at radius 2 is 1.41 bits per heavy atom. The molecular formula is C26H30N2O3S. The fourth-order valence-electron chi connectivity index (χ4n) is 3.89. The van der Waals surface area contributed by atoms with Crippen molar-refractivity contribution in [3.8, 4) is 0 Å². The Hall–Kier alpha value is -2.96. The third-order valence-electron chi connectivity index (χ3n) is 5.42. The quantitative estimate of drug-likeness (QED) is 0.547. The summed E-state index contributed by atoms with van der Waals surface area (Å²) in [7, 11) is -3.91. The highest BCUT2D eigenvalue weighted by Crippen LogP contribution is 2.27. The molecule has 1 amide bonds. The Balaban J connectivity index is 1.97. The van der Waals surface area contributed by atoms with Crippen LogP contribution in [0.15, 0.2) is 65.6 Å². The van der Waals surface area contributed by atoms with Crippen molar-refractivity contribution in [3.63, 3.8) is 0 Å². The van der Waals surface area contributed by atoms with E-state index in [4.69, 9.17) is 0 Å². The number of amides is 1. The number of carbonyl (C=O) groups is 1. The second-order valence-corrected chi connectivity index (χ2v) is 10.2. The van der Waals surface area contributed by atoms with E-state index in [0.717, 1.165) is 22.3 Å². The summed E-state index contributed by atoms with van der Waals surface area (Å²) in [6.07, 6.45) is 0. The molecule has 5 nitrogen and oxygen atoms in total. The van der Waals surface area contributed by atoms with Crippen LogP contribution in [0, 0.1) is 34.6 Å². The van der Waals surface area contributed by atoms with Crippen molar-refractivity contribution in [1.82, 2.24) is 4.31 Å². The average Bonchev–Trinajstić information content (AvgIpc) is 2.70. The van der Waals surface area contributed by atoms with Crippen molar-refractivity contribution < 1.29 is 13.2 Å². The number of hydrogen-bond donors (Lipinski definition) is 1. The van der Waals surface area contributed by atoms with Crippen molar-refractivity contribution in [2.75, 3.05) is 11.9 Å². The summed E-state index contributed by atoms with van der Waals surface area (Å²) in [5.74, 6) is -0.377. The average molecular weight is 451 g/mol. The van der Waals surface area contributed by atoms with E-state index in [9.17, 15) is 13.2 Å². The zero-order valence-electron chi connectivity index (χ0n) is 19.3. The van der Waals surface area contributed by atoms with Crippen LogP contribution in [0.5, 0.6) is 0 Å². The fraction of sp³-hybridized carbons (Fsp3) is 0.269. The van der Waals surface area contributed by atoms with Crippen molar-refractivity contribution >= 4 is 21.6 Å². The molecule has 0 saturated carbocycles. The molecule has 32 heavy (non-hydrogen) atoms. The molecule has 0 aliphatic carbocycles. The maximum absolute atomic E-state index is 13.8. The van der Waals surface area contributed by atoms with Gasteiger partial charge in [-0.25, -0.2) is 8.42 Å². The van der Waals surface area contributed by atoms with E-state index in [1.807, 2.05) is 75.4 Å². The van der Waals surface area contributed by atoms with Gasteiger partial charge in [-0.05, 0) is 62.9 Å². The Morgan fingerprint density at radius 1 is 0.812 bits per heavy atom. The van der Waals surface area contributed by atoms with Crippen LogP contribution in [0.2, 0.25) is 0 Å². The van der Waals surface area contributed by atoms with Gasteiger partial charge in [0.15, 0.2) is 0 Å². The van der Waals surface area contributed by atoms with Gasteiger partial charge in [-0.2, -0.15) is 4.31 Å². The first-order valence-electron chi connectivity index (χ1n) is 10.6. The highest BCUT2D eigenvalue weighted by atomic mass is 32.2. The van der Waals surface area contributed by atoms with E-state index in [0.29, 0.717) is 16.8 Å². The number of carbonyl (C=O) groups excluding carboxylic acids is 1. The zero-order valence-corrected chi connectivity index (χ0v) is 20.1. The summed E-state index contributed by atoms with van der Waals surface area (Å²) in [4.78, 5) is 13.2. The van der Waals surface area contributed by atoms with Gasteiger partial charge in [-0.15, -0.1) is 0 Å². The van der Waals surface area contributed by atoms with Gasteiger partial charge in [-0.3, -0.25) is 4.79 Å². The molecule has 168 valence electrons. The molecule has 0 aliphatic rings. The van der Waals surface area contributed by atoms with E-state index in [-0.39, 0.29) is 23.9 Å². The topological polar surface area (TPSA) is 66.5 Å². The lowest BCUT2D eigenvalue weighted by Gasteiger charge is -2.24. The van der Waals surface area contributed by atoms with Crippen LogP contribution in [-0.2, 0) is 21.4 Å². The van der Waals surface area contributed by atoms with Crippen LogP contribution in [0.1, 0.15) is 33.4 Å². The molecule has 0 saturated heterocycles. The predicted octanol–water partition coefficient (Wildman–Crippen LogP) is 5.06. The molecule has 3 aromatic rings. The standard InChI is InChI=1S/C26H30N2O3S/c1-18-10-12-23(13-11-18)16-28(17-25(29)27-24-9-7-6-8-20(24)3)32(30,31)26-21(4)14-19(2)15-22(26)5/h6-15H,16-17H2,1-5H3,(H,27,29). The van der Waals surface area contributed by atoms with Gasteiger partial charge < -0.3 is 5.32 Å². The highest BCUT2D eigenvalue weighted by Gasteiger charge is 2.30. The normalized spacial score (nSPS) is 11.6. The van der Waals surface area contributed by atoms with Crippen LogP contribution in [0.3, 0.4) is 0 Å². The first-order chi connectivity index (χ1) is 15.1. The number of hydrogen-bond acceptors (Lipinski definition) is 3. The molecule has 0 bridgehead atoms. The Labute approximate surface area is 191 Å². The number of sulfonamides is 1. The van der Waals surface area contributed by atoms with Crippen molar-refractivity contribution in [2.24, 2.45) is 0 Å². The van der Waals surface area contributed by atoms with Crippen LogP contribution in [0.25, 0.3) is 0 Å². The van der Waals surface area contributed by atoms with Crippen LogP contribution in [0.4, 0.5) is 5.69 Å². The minimum Gasteiger partial charge on any atom is -0.325 e. The number of rotatable bonds is 7. The molecule has 0 unspecified atom stereocenters. The predicted molar refractivity (Wildman–Crippen MR) is 129 cm³/mol. The van der Waals surface area contributed by atoms with Gasteiger partial charge >= 0.3 is 0 Å². The number of nitrogens with zero attached hydrogens (tertiary/aromatic N) is 1. The van der Waals surface area contributed by atoms with Crippen molar-refractivity contribution in [2.45, 2.75) is 46.1 Å². The lowest BCUT2D eigenvalue weighted by molar-refractivity contribution is -0.116. The molecule has 3 aromatic carbocycles. The maximum atomic E-state index is 13.8. The smallest absolute Gasteiger partial charge is 0.244 e. The lowest BCUT2D eigenvalue weighted by atomic mass is 10.1. The maximum Gasteiger partial charge on any atom is 0.244 e. The van der Waals surface area contributed by atoms with E-state index in [1.54, 1.807) is 19.9 Å². The molecule has 0 spiro atoms. The monoisotopic (exact) mass is 450 g/mol. The largest absolute Gasteiger partial charge is 0.325 e. The van der Waals surface area contributed by atoms with Gasteiger partial charge in [0.1, 0.15) is 0 Å².